The van der Waals surface area contributed by atoms with Gasteiger partial charge in [-0.1, -0.05) is 50.9 Å². The van der Waals surface area contributed by atoms with E-state index in [4.69, 9.17) is 23.2 Å². The Morgan fingerprint density at radius 1 is 1.18 bits per heavy atom. The molecular weight excluding hydrogens is 321 g/mol. The van der Waals surface area contributed by atoms with Crippen molar-refractivity contribution in [3.05, 3.63) is 28.0 Å². The molecule has 0 saturated heterocycles. The van der Waals surface area contributed by atoms with Gasteiger partial charge in [-0.2, -0.15) is 0 Å². The molecule has 0 N–H and O–H groups in total. The van der Waals surface area contributed by atoms with E-state index in [1.807, 2.05) is 4.90 Å². The number of pyridine rings is 1. The average Bonchev–Trinajstić information content (AvgIpc) is 2.48. The molecule has 0 aliphatic carbocycles. The molecule has 0 spiro atoms. The third-order valence-electron chi connectivity index (χ3n) is 3.47. The van der Waals surface area contributed by atoms with Crippen molar-refractivity contribution in [2.24, 2.45) is 5.92 Å². The highest BCUT2D eigenvalue weighted by Crippen LogP contribution is 2.19. The van der Waals surface area contributed by atoms with E-state index < -0.39 is 0 Å². The standard InChI is InChI=1S/C16H25Cl2N3O/c1-5-20(6-2)9-10-21(11-12(3)4)16(22)15-13(17)7-8-14(18)19-15/h7-8,12H,5-6,9-11H2,1-4H3. The van der Waals surface area contributed by atoms with Crippen molar-refractivity contribution in [3.8, 4) is 0 Å². The molecule has 6 heteroatoms. The highest BCUT2D eigenvalue weighted by atomic mass is 35.5. The van der Waals surface area contributed by atoms with E-state index >= 15 is 0 Å². The fourth-order valence-electron chi connectivity index (χ4n) is 2.24. The van der Waals surface area contributed by atoms with E-state index in [-0.39, 0.29) is 16.8 Å². The maximum Gasteiger partial charge on any atom is 0.274 e. The number of aromatic nitrogens is 1. The zero-order valence-electron chi connectivity index (χ0n) is 13.8. The maximum absolute atomic E-state index is 12.7. The van der Waals surface area contributed by atoms with Crippen LogP contribution >= 0.6 is 23.2 Å². The van der Waals surface area contributed by atoms with Crippen LogP contribution in [0.5, 0.6) is 0 Å². The number of carbonyl (C=O) groups excluding carboxylic acids is 1. The minimum absolute atomic E-state index is 0.159. The van der Waals surface area contributed by atoms with Gasteiger partial charge in [-0.25, -0.2) is 4.98 Å². The fourth-order valence-corrected chi connectivity index (χ4v) is 2.57. The lowest BCUT2D eigenvalue weighted by Crippen LogP contribution is -2.41. The Morgan fingerprint density at radius 3 is 2.36 bits per heavy atom. The summed E-state index contributed by atoms with van der Waals surface area (Å²) in [6.45, 7) is 12.5. The van der Waals surface area contributed by atoms with E-state index in [1.165, 1.54) is 0 Å². The van der Waals surface area contributed by atoms with Crippen molar-refractivity contribution >= 4 is 29.1 Å². The second-order valence-corrected chi connectivity index (χ2v) is 6.43. The molecule has 4 nitrogen and oxygen atoms in total. The molecule has 0 radical (unpaired) electrons. The molecule has 0 unspecified atom stereocenters. The van der Waals surface area contributed by atoms with Gasteiger partial charge in [0.15, 0.2) is 0 Å². The molecule has 0 saturated carbocycles. The van der Waals surface area contributed by atoms with Crippen molar-refractivity contribution in [1.82, 2.24) is 14.8 Å². The maximum atomic E-state index is 12.7. The summed E-state index contributed by atoms with van der Waals surface area (Å²) in [4.78, 5) is 20.9. The Balaban J connectivity index is 2.90. The molecule has 1 aromatic heterocycles. The third-order valence-corrected chi connectivity index (χ3v) is 3.98. The van der Waals surface area contributed by atoms with Crippen molar-refractivity contribution in [1.29, 1.82) is 0 Å². The van der Waals surface area contributed by atoms with Crippen LogP contribution in [-0.4, -0.2) is 53.4 Å². The molecule has 1 rings (SSSR count). The molecule has 1 aromatic rings. The summed E-state index contributed by atoms with van der Waals surface area (Å²) in [6, 6.07) is 3.20. The van der Waals surface area contributed by atoms with Crippen molar-refractivity contribution in [3.63, 3.8) is 0 Å². The van der Waals surface area contributed by atoms with Crippen molar-refractivity contribution < 1.29 is 4.79 Å². The lowest BCUT2D eigenvalue weighted by Gasteiger charge is -2.28. The van der Waals surface area contributed by atoms with Crippen LogP contribution in [0.3, 0.4) is 0 Å². The van der Waals surface area contributed by atoms with Crippen LogP contribution in [0.25, 0.3) is 0 Å². The van der Waals surface area contributed by atoms with E-state index in [1.54, 1.807) is 12.1 Å². The fraction of sp³-hybridized carbons (Fsp3) is 0.625. The molecule has 0 aliphatic rings. The largest absolute Gasteiger partial charge is 0.336 e. The quantitative estimate of drug-likeness (QED) is 0.671. The van der Waals surface area contributed by atoms with Gasteiger partial charge < -0.3 is 9.80 Å². The predicted octanol–water partition coefficient (Wildman–Crippen LogP) is 3.83. The third kappa shape index (κ3) is 5.75. The molecule has 0 aliphatic heterocycles. The molecule has 1 amide bonds. The first kappa shape index (κ1) is 19.2. The lowest BCUT2D eigenvalue weighted by molar-refractivity contribution is 0.0711. The van der Waals surface area contributed by atoms with Gasteiger partial charge in [0.2, 0.25) is 0 Å². The summed E-state index contributed by atoms with van der Waals surface area (Å²) in [5, 5.41) is 0.618. The molecule has 0 aromatic carbocycles. The van der Waals surface area contributed by atoms with Gasteiger partial charge in [0.25, 0.3) is 5.91 Å². The van der Waals surface area contributed by atoms with Crippen LogP contribution in [0.1, 0.15) is 38.2 Å². The highest BCUT2D eigenvalue weighted by Gasteiger charge is 2.21. The summed E-state index contributed by atoms with van der Waals surface area (Å²) in [7, 11) is 0. The Morgan fingerprint density at radius 2 is 1.82 bits per heavy atom. The second-order valence-electron chi connectivity index (χ2n) is 5.64. The van der Waals surface area contributed by atoms with Crippen molar-refractivity contribution in [2.45, 2.75) is 27.7 Å². The zero-order valence-corrected chi connectivity index (χ0v) is 15.3. The molecule has 1 heterocycles. The van der Waals surface area contributed by atoms with Crippen molar-refractivity contribution in [2.75, 3.05) is 32.7 Å². The Hall–Kier alpha value is -0.840. The van der Waals surface area contributed by atoms with E-state index in [0.717, 1.165) is 19.6 Å². The SMILES string of the molecule is CCN(CC)CCN(CC(C)C)C(=O)c1nc(Cl)ccc1Cl. The zero-order chi connectivity index (χ0) is 16.7. The second kappa shape index (κ2) is 9.33. The highest BCUT2D eigenvalue weighted by molar-refractivity contribution is 6.34. The number of likely N-dealkylation sites (N-methyl/N-ethyl adjacent to an activating group) is 1. The summed E-state index contributed by atoms with van der Waals surface area (Å²) < 4.78 is 0. The van der Waals surface area contributed by atoms with E-state index in [0.29, 0.717) is 24.0 Å². The van der Waals surface area contributed by atoms with Crippen LogP contribution in [-0.2, 0) is 0 Å². The summed E-state index contributed by atoms with van der Waals surface area (Å²) in [5.74, 6) is 0.215. The minimum atomic E-state index is -0.159. The number of hydrogen-bond acceptors (Lipinski definition) is 3. The summed E-state index contributed by atoms with van der Waals surface area (Å²) >= 11 is 12.0. The lowest BCUT2D eigenvalue weighted by atomic mass is 10.2. The van der Waals surface area contributed by atoms with Gasteiger partial charge >= 0.3 is 0 Å². The Kier molecular flexibility index (Phi) is 8.15. The van der Waals surface area contributed by atoms with E-state index in [2.05, 4.69) is 37.6 Å². The summed E-state index contributed by atoms with van der Waals surface area (Å²) in [6.07, 6.45) is 0. The molecular formula is C16H25Cl2N3O. The number of nitrogens with zero attached hydrogens (tertiary/aromatic N) is 3. The van der Waals surface area contributed by atoms with E-state index in [9.17, 15) is 4.79 Å². The molecule has 124 valence electrons. The topological polar surface area (TPSA) is 36.4 Å². The van der Waals surface area contributed by atoms with Gasteiger partial charge in [0.1, 0.15) is 10.8 Å². The number of amides is 1. The number of halogens is 2. The molecule has 0 fully saturated rings. The average molecular weight is 346 g/mol. The first-order chi connectivity index (χ1) is 10.4. The van der Waals surface area contributed by atoms with Crippen LogP contribution in [0.4, 0.5) is 0 Å². The summed E-state index contributed by atoms with van der Waals surface area (Å²) in [5.41, 5.74) is 0.231. The van der Waals surface area contributed by atoms with Gasteiger partial charge in [0, 0.05) is 19.6 Å². The smallest absolute Gasteiger partial charge is 0.274 e. The first-order valence-electron chi connectivity index (χ1n) is 7.72. The Labute approximate surface area is 143 Å². The van der Waals surface area contributed by atoms with Crippen LogP contribution in [0, 0.1) is 5.92 Å². The van der Waals surface area contributed by atoms with Crippen LogP contribution < -0.4 is 0 Å². The minimum Gasteiger partial charge on any atom is -0.336 e. The molecule has 22 heavy (non-hydrogen) atoms. The molecule has 0 bridgehead atoms. The number of rotatable bonds is 8. The van der Waals surface area contributed by atoms with Gasteiger partial charge in [-0.15, -0.1) is 0 Å². The normalized spacial score (nSPS) is 11.3. The van der Waals surface area contributed by atoms with Crippen LogP contribution in [0.15, 0.2) is 12.1 Å². The Bertz CT molecular complexity index is 490. The number of hydrogen-bond donors (Lipinski definition) is 0. The monoisotopic (exact) mass is 345 g/mol. The van der Waals surface area contributed by atoms with Gasteiger partial charge in [-0.05, 0) is 31.1 Å². The van der Waals surface area contributed by atoms with Gasteiger partial charge in [-0.3, -0.25) is 4.79 Å². The molecule has 0 atom stereocenters. The predicted molar refractivity (Wildman–Crippen MR) is 92.8 cm³/mol. The van der Waals surface area contributed by atoms with Crippen LogP contribution in [0.2, 0.25) is 10.2 Å². The van der Waals surface area contributed by atoms with Gasteiger partial charge in [0.05, 0.1) is 5.02 Å². The first-order valence-corrected chi connectivity index (χ1v) is 8.48. The number of carbonyl (C=O) groups is 1.